The number of piperazine rings is 1. The molecule has 33 heavy (non-hydrogen) atoms. The zero-order chi connectivity index (χ0) is 23.9. The van der Waals surface area contributed by atoms with Crippen molar-refractivity contribution in [3.8, 4) is 11.5 Å². The van der Waals surface area contributed by atoms with Gasteiger partial charge in [-0.15, -0.1) is 4.65 Å². The van der Waals surface area contributed by atoms with E-state index in [0.29, 0.717) is 37.3 Å². The number of benzene rings is 2. The van der Waals surface area contributed by atoms with E-state index in [4.69, 9.17) is 9.47 Å². The van der Waals surface area contributed by atoms with Gasteiger partial charge in [0.25, 0.3) is 6.23 Å². The van der Waals surface area contributed by atoms with E-state index in [2.05, 4.69) is 5.32 Å². The van der Waals surface area contributed by atoms with Crippen LogP contribution in [0.3, 0.4) is 0 Å². The Bertz CT molecular complexity index is 998. The summed E-state index contributed by atoms with van der Waals surface area (Å²) in [6.07, 6.45) is -3.86. The zero-order valence-electron chi connectivity index (χ0n) is 18.7. The monoisotopic (exact) mass is 467 g/mol. The lowest BCUT2D eigenvalue weighted by Crippen LogP contribution is -2.70. The normalized spacial score (nSPS) is 26.5. The Kier molecular flexibility index (Phi) is 6.34. The summed E-state index contributed by atoms with van der Waals surface area (Å²) < 4.78 is 51.8. The summed E-state index contributed by atoms with van der Waals surface area (Å²) in [4.78, 5) is 0. The number of para-hydroxylation sites is 1. The topological polar surface area (TPSA) is 71.0 Å². The molecular formula is C24H30F3N2O4+. The number of fused-ring (bicyclic) bond motifs is 1. The van der Waals surface area contributed by atoms with Crippen molar-refractivity contribution in [2.45, 2.75) is 57.2 Å². The number of aliphatic hydroxyl groups excluding tert-OH is 1. The third-order valence-electron chi connectivity index (χ3n) is 6.22. The number of quaternary nitrogens is 1. The largest absolute Gasteiger partial charge is 0.483 e. The molecule has 180 valence electrons. The van der Waals surface area contributed by atoms with Crippen LogP contribution in [0.4, 0.5) is 18.9 Å². The molecule has 0 amide bonds. The molecule has 1 fully saturated rings. The molecule has 0 aromatic heterocycles. The molecule has 2 aromatic rings. The highest BCUT2D eigenvalue weighted by molar-refractivity contribution is 5.51. The summed E-state index contributed by atoms with van der Waals surface area (Å²) in [5.74, 6) is 1.02. The Morgan fingerprint density at radius 3 is 2.70 bits per heavy atom. The molecule has 4 rings (SSSR count). The van der Waals surface area contributed by atoms with Gasteiger partial charge in [-0.2, -0.15) is 13.2 Å². The number of hydroxylamine groups is 2. The van der Waals surface area contributed by atoms with Crippen LogP contribution in [-0.4, -0.2) is 47.9 Å². The maximum atomic E-state index is 13.4. The zero-order valence-corrected chi connectivity index (χ0v) is 18.7. The van der Waals surface area contributed by atoms with Crippen LogP contribution in [-0.2, 0) is 12.6 Å². The van der Waals surface area contributed by atoms with Crippen LogP contribution in [0.15, 0.2) is 42.5 Å². The molecule has 2 heterocycles. The fraction of sp³-hybridized carbons (Fsp3) is 0.500. The maximum Gasteiger partial charge on any atom is 0.416 e. The minimum absolute atomic E-state index is 0.0437. The van der Waals surface area contributed by atoms with Crippen LogP contribution in [0, 0.1) is 0 Å². The first-order valence-electron chi connectivity index (χ1n) is 11.1. The summed E-state index contributed by atoms with van der Waals surface area (Å²) in [5, 5.41) is 24.4. The van der Waals surface area contributed by atoms with Crippen molar-refractivity contribution in [3.05, 3.63) is 53.6 Å². The average molecular weight is 468 g/mol. The maximum absolute atomic E-state index is 13.4. The van der Waals surface area contributed by atoms with E-state index in [-0.39, 0.29) is 18.8 Å². The third-order valence-corrected chi connectivity index (χ3v) is 6.22. The van der Waals surface area contributed by atoms with E-state index in [9.17, 15) is 23.5 Å². The molecule has 3 N–H and O–H groups in total. The van der Waals surface area contributed by atoms with Gasteiger partial charge in [-0.1, -0.05) is 18.2 Å². The van der Waals surface area contributed by atoms with E-state index in [1.165, 1.54) is 12.1 Å². The van der Waals surface area contributed by atoms with Gasteiger partial charge in [0.2, 0.25) is 0 Å². The number of halogens is 3. The average Bonchev–Trinajstić information content (AvgIpc) is 3.08. The van der Waals surface area contributed by atoms with Crippen LogP contribution in [0.2, 0.25) is 0 Å². The highest BCUT2D eigenvalue weighted by atomic mass is 19.4. The molecule has 9 heteroatoms. The first-order chi connectivity index (χ1) is 15.5. The third kappa shape index (κ3) is 4.82. The fourth-order valence-electron chi connectivity index (χ4n) is 4.68. The number of hydrogen-bond donors (Lipinski definition) is 3. The fourth-order valence-corrected chi connectivity index (χ4v) is 4.68. The quantitative estimate of drug-likeness (QED) is 0.554. The number of alkyl halides is 3. The number of hydrogen-bond acceptors (Lipinski definition) is 5. The molecule has 0 aliphatic carbocycles. The van der Waals surface area contributed by atoms with Gasteiger partial charge >= 0.3 is 6.18 Å². The summed E-state index contributed by atoms with van der Waals surface area (Å²) in [7, 11) is 0. The summed E-state index contributed by atoms with van der Waals surface area (Å²) in [6.45, 7) is 4.39. The first kappa shape index (κ1) is 23.8. The lowest BCUT2D eigenvalue weighted by Gasteiger charge is -2.44. The Labute approximate surface area is 191 Å². The van der Waals surface area contributed by atoms with Gasteiger partial charge in [0, 0.05) is 37.3 Å². The molecule has 2 aromatic carbocycles. The number of rotatable bonds is 6. The van der Waals surface area contributed by atoms with E-state index in [1.54, 1.807) is 6.07 Å². The Morgan fingerprint density at radius 2 is 1.97 bits per heavy atom. The highest BCUT2D eigenvalue weighted by Gasteiger charge is 2.50. The predicted molar refractivity (Wildman–Crippen MR) is 117 cm³/mol. The van der Waals surface area contributed by atoms with Crippen LogP contribution < -0.4 is 19.4 Å². The second-order valence-electron chi connectivity index (χ2n) is 9.32. The molecule has 3 atom stereocenters. The van der Waals surface area contributed by atoms with Crippen LogP contribution in [0.25, 0.3) is 0 Å². The van der Waals surface area contributed by atoms with Crippen LogP contribution >= 0.6 is 0 Å². The predicted octanol–water partition coefficient (Wildman–Crippen LogP) is 4.26. The molecule has 0 spiro atoms. The molecule has 0 saturated carbocycles. The van der Waals surface area contributed by atoms with Crippen molar-refractivity contribution in [3.63, 3.8) is 0 Å². The number of nitrogens with zero attached hydrogens (tertiary/aromatic N) is 1. The molecule has 1 saturated heterocycles. The number of nitrogens with one attached hydrogen (secondary N) is 1. The summed E-state index contributed by atoms with van der Waals surface area (Å²) in [6, 6.07) is 9.86. The molecule has 2 aliphatic rings. The van der Waals surface area contributed by atoms with Gasteiger partial charge in [-0.05, 0) is 38.8 Å². The van der Waals surface area contributed by atoms with Crippen molar-refractivity contribution in [1.29, 1.82) is 0 Å². The standard InChI is InChI=1S/C24H30F3N2O4/c1-23(2)15-16-6-3-10-20(21(16)33-23)32-22-19(9-5-13-30)28-11-12-29(22,31)18-8-4-7-17(14-18)24(25,26)27/h3-4,6-8,10,14,19,22,28,30-31H,5,9,11-13,15H2,1-2H3/q+1. The Hall–Kier alpha value is -2.33. The van der Waals surface area contributed by atoms with Crippen molar-refractivity contribution in [2.75, 3.05) is 19.7 Å². The first-order valence-corrected chi connectivity index (χ1v) is 11.1. The van der Waals surface area contributed by atoms with E-state index < -0.39 is 34.3 Å². The van der Waals surface area contributed by atoms with E-state index in [0.717, 1.165) is 17.7 Å². The molecule has 3 unspecified atom stereocenters. The van der Waals surface area contributed by atoms with Gasteiger partial charge < -0.3 is 14.6 Å². The van der Waals surface area contributed by atoms with Crippen molar-refractivity contribution in [1.82, 2.24) is 9.96 Å². The molecule has 6 nitrogen and oxygen atoms in total. The Morgan fingerprint density at radius 1 is 1.21 bits per heavy atom. The number of ether oxygens (including phenoxy) is 2. The van der Waals surface area contributed by atoms with Crippen molar-refractivity contribution >= 4 is 5.69 Å². The summed E-state index contributed by atoms with van der Waals surface area (Å²) in [5.41, 5.74) is -0.168. The van der Waals surface area contributed by atoms with E-state index >= 15 is 0 Å². The molecular weight excluding hydrogens is 437 g/mol. The minimum Gasteiger partial charge on any atom is -0.483 e. The van der Waals surface area contributed by atoms with Gasteiger partial charge in [0.1, 0.15) is 18.2 Å². The van der Waals surface area contributed by atoms with Gasteiger partial charge in [-0.25, -0.2) is 5.21 Å². The van der Waals surface area contributed by atoms with Gasteiger partial charge in [0.05, 0.1) is 5.56 Å². The minimum atomic E-state index is -4.53. The molecule has 0 bridgehead atoms. The van der Waals surface area contributed by atoms with Crippen LogP contribution in [0.5, 0.6) is 11.5 Å². The highest BCUT2D eigenvalue weighted by Crippen LogP contribution is 2.44. The second kappa shape index (κ2) is 8.79. The second-order valence-corrected chi connectivity index (χ2v) is 9.32. The smallest absolute Gasteiger partial charge is 0.416 e. The lowest BCUT2D eigenvalue weighted by molar-refractivity contribution is -0.198. The van der Waals surface area contributed by atoms with Crippen molar-refractivity contribution < 1.29 is 33.0 Å². The Balaban J connectivity index is 1.74. The van der Waals surface area contributed by atoms with E-state index in [1.807, 2.05) is 26.0 Å². The lowest BCUT2D eigenvalue weighted by atomic mass is 10.0. The number of aliphatic hydroxyl groups is 1. The summed E-state index contributed by atoms with van der Waals surface area (Å²) >= 11 is 0. The SMILES string of the molecule is CC1(C)Cc2cccc(OC3C(CCCO)NCC[N+]3(O)c3cccc(C(F)(F)F)c3)c2O1. The molecule has 2 aliphatic heterocycles. The van der Waals surface area contributed by atoms with Gasteiger partial charge in [-0.3, -0.25) is 5.32 Å². The van der Waals surface area contributed by atoms with Crippen molar-refractivity contribution in [2.24, 2.45) is 0 Å². The van der Waals surface area contributed by atoms with Crippen LogP contribution in [0.1, 0.15) is 37.8 Å². The molecule has 0 radical (unpaired) electrons. The van der Waals surface area contributed by atoms with Gasteiger partial charge in [0.15, 0.2) is 17.2 Å².